The smallest absolute Gasteiger partial charge is 0.187 e. The molecule has 0 radical (unpaired) electrons. The van der Waals surface area contributed by atoms with Crippen molar-refractivity contribution < 1.29 is 0 Å². The Hall–Kier alpha value is -0.610. The van der Waals surface area contributed by atoms with Crippen LogP contribution in [0.3, 0.4) is 0 Å². The molecule has 1 atom stereocenters. The number of rotatable bonds is 6. The summed E-state index contributed by atoms with van der Waals surface area (Å²) in [5.41, 5.74) is 6.99. The highest BCUT2D eigenvalue weighted by Crippen LogP contribution is 2.13. The van der Waals surface area contributed by atoms with Crippen molar-refractivity contribution in [3.8, 4) is 0 Å². The Morgan fingerprint density at radius 2 is 2.00 bits per heavy atom. The van der Waals surface area contributed by atoms with Gasteiger partial charge >= 0.3 is 0 Å². The number of hydrogen-bond donors (Lipinski definition) is 1. The van der Waals surface area contributed by atoms with Gasteiger partial charge in [0.1, 0.15) is 0 Å². The van der Waals surface area contributed by atoms with Crippen molar-refractivity contribution in [2.45, 2.75) is 44.3 Å². The first-order chi connectivity index (χ1) is 7.26. The summed E-state index contributed by atoms with van der Waals surface area (Å²) in [6, 6.07) is 0.225. The molecule has 3 nitrogen and oxygen atoms in total. The third kappa shape index (κ3) is 4.62. The van der Waals surface area contributed by atoms with Crippen LogP contribution < -0.4 is 5.73 Å². The molecule has 2 N–H and O–H groups in total. The van der Waals surface area contributed by atoms with Crippen molar-refractivity contribution in [1.29, 1.82) is 0 Å². The van der Waals surface area contributed by atoms with E-state index in [-0.39, 0.29) is 6.04 Å². The zero-order valence-electron chi connectivity index (χ0n) is 9.44. The van der Waals surface area contributed by atoms with E-state index in [2.05, 4.69) is 23.8 Å². The Labute approximate surface area is 95.9 Å². The van der Waals surface area contributed by atoms with Gasteiger partial charge in [0.25, 0.3) is 0 Å². The van der Waals surface area contributed by atoms with Gasteiger partial charge in [-0.1, -0.05) is 25.6 Å². The number of aromatic nitrogens is 2. The van der Waals surface area contributed by atoms with Crippen molar-refractivity contribution in [2.75, 3.05) is 5.75 Å². The Kier molecular flexibility index (Phi) is 5.65. The lowest BCUT2D eigenvalue weighted by molar-refractivity contribution is 0.641. The van der Waals surface area contributed by atoms with Gasteiger partial charge in [-0.25, -0.2) is 9.97 Å². The van der Waals surface area contributed by atoms with Crippen molar-refractivity contribution in [3.05, 3.63) is 18.0 Å². The maximum Gasteiger partial charge on any atom is 0.187 e. The Balaban J connectivity index is 2.48. The molecule has 0 aliphatic rings. The van der Waals surface area contributed by atoms with Crippen LogP contribution in [0.1, 0.15) is 32.3 Å². The van der Waals surface area contributed by atoms with Gasteiger partial charge in [-0.15, -0.1) is 0 Å². The monoisotopic (exact) mass is 225 g/mol. The topological polar surface area (TPSA) is 51.8 Å². The highest BCUT2D eigenvalue weighted by Gasteiger charge is 2.03. The average Bonchev–Trinajstić information content (AvgIpc) is 2.28. The van der Waals surface area contributed by atoms with E-state index < -0.39 is 0 Å². The van der Waals surface area contributed by atoms with Crippen LogP contribution in [0, 0.1) is 0 Å². The Bertz CT molecular complexity index is 274. The highest BCUT2D eigenvalue weighted by molar-refractivity contribution is 7.99. The summed E-state index contributed by atoms with van der Waals surface area (Å²) in [5.74, 6) is 1.08. The molecule has 0 saturated carbocycles. The fourth-order valence-corrected chi connectivity index (χ4v) is 1.80. The largest absolute Gasteiger partial charge is 0.327 e. The molecule has 0 aliphatic carbocycles. The van der Waals surface area contributed by atoms with Gasteiger partial charge in [0.15, 0.2) is 5.16 Å². The standard InChI is InChI=1S/C11H19N3S/c1-3-5-15-11-13-7-9(8-14-11)6-10(12)4-2/h7-8,10H,3-6,12H2,1-2H3. The summed E-state index contributed by atoms with van der Waals surface area (Å²) in [7, 11) is 0. The van der Waals surface area contributed by atoms with Crippen LogP contribution in [0.15, 0.2) is 17.6 Å². The second kappa shape index (κ2) is 6.80. The third-order valence-corrected chi connectivity index (χ3v) is 3.22. The zero-order chi connectivity index (χ0) is 11.1. The number of nitrogens with zero attached hydrogens (tertiary/aromatic N) is 2. The summed E-state index contributed by atoms with van der Waals surface area (Å²) in [6.07, 6.45) is 6.79. The molecular formula is C11H19N3S. The van der Waals surface area contributed by atoms with Gasteiger partial charge in [-0.2, -0.15) is 0 Å². The van der Waals surface area contributed by atoms with Gasteiger partial charge in [-0.05, 0) is 24.8 Å². The first-order valence-electron chi connectivity index (χ1n) is 5.45. The molecule has 0 fully saturated rings. The minimum Gasteiger partial charge on any atom is -0.327 e. The Morgan fingerprint density at radius 3 is 2.53 bits per heavy atom. The van der Waals surface area contributed by atoms with Crippen LogP contribution in [0.25, 0.3) is 0 Å². The van der Waals surface area contributed by atoms with Crippen LogP contribution in [-0.4, -0.2) is 21.8 Å². The van der Waals surface area contributed by atoms with Gasteiger partial charge in [-0.3, -0.25) is 0 Å². The molecular weight excluding hydrogens is 206 g/mol. The summed E-state index contributed by atoms with van der Waals surface area (Å²) in [6.45, 7) is 4.25. The first kappa shape index (κ1) is 12.5. The lowest BCUT2D eigenvalue weighted by Gasteiger charge is -2.07. The van der Waals surface area contributed by atoms with E-state index >= 15 is 0 Å². The van der Waals surface area contributed by atoms with Gasteiger partial charge in [0.05, 0.1) is 0 Å². The molecule has 0 aliphatic heterocycles. The first-order valence-corrected chi connectivity index (χ1v) is 6.44. The van der Waals surface area contributed by atoms with Crippen molar-refractivity contribution in [2.24, 2.45) is 5.73 Å². The van der Waals surface area contributed by atoms with Crippen LogP contribution >= 0.6 is 11.8 Å². The SMILES string of the molecule is CCCSc1ncc(CC(N)CC)cn1. The summed E-state index contributed by atoms with van der Waals surface area (Å²) >= 11 is 1.70. The highest BCUT2D eigenvalue weighted by atomic mass is 32.2. The second-order valence-electron chi connectivity index (χ2n) is 3.59. The number of nitrogens with two attached hydrogens (primary N) is 1. The predicted octanol–water partition coefficient (Wildman–Crippen LogP) is 2.26. The lowest BCUT2D eigenvalue weighted by atomic mass is 10.1. The molecule has 1 rings (SSSR count). The molecule has 0 aromatic carbocycles. The van der Waals surface area contributed by atoms with Crippen molar-refractivity contribution in [3.63, 3.8) is 0 Å². The summed E-state index contributed by atoms with van der Waals surface area (Å²) < 4.78 is 0. The van der Waals surface area contributed by atoms with Crippen LogP contribution in [0.5, 0.6) is 0 Å². The fourth-order valence-electron chi connectivity index (χ4n) is 1.16. The van der Waals surface area contributed by atoms with E-state index in [0.717, 1.165) is 35.7 Å². The van der Waals surface area contributed by atoms with Crippen molar-refractivity contribution in [1.82, 2.24) is 9.97 Å². The Morgan fingerprint density at radius 1 is 1.33 bits per heavy atom. The molecule has 0 amide bonds. The van der Waals surface area contributed by atoms with Crippen molar-refractivity contribution >= 4 is 11.8 Å². The van der Waals surface area contributed by atoms with E-state index in [1.54, 1.807) is 11.8 Å². The summed E-state index contributed by atoms with van der Waals surface area (Å²) in [4.78, 5) is 8.60. The van der Waals surface area contributed by atoms with Gasteiger partial charge < -0.3 is 5.73 Å². The quantitative estimate of drug-likeness (QED) is 0.596. The molecule has 1 heterocycles. The molecule has 84 valence electrons. The molecule has 1 aromatic heterocycles. The normalized spacial score (nSPS) is 12.7. The molecule has 1 unspecified atom stereocenters. The molecule has 15 heavy (non-hydrogen) atoms. The van der Waals surface area contributed by atoms with Gasteiger partial charge in [0.2, 0.25) is 0 Å². The average molecular weight is 225 g/mol. The molecule has 0 saturated heterocycles. The molecule has 0 spiro atoms. The number of thioether (sulfide) groups is 1. The third-order valence-electron chi connectivity index (χ3n) is 2.14. The van der Waals surface area contributed by atoms with E-state index in [0.29, 0.717) is 0 Å². The van der Waals surface area contributed by atoms with Gasteiger partial charge in [0, 0.05) is 24.2 Å². The molecule has 4 heteroatoms. The minimum absolute atomic E-state index is 0.225. The maximum absolute atomic E-state index is 5.86. The fraction of sp³-hybridized carbons (Fsp3) is 0.636. The second-order valence-corrected chi connectivity index (χ2v) is 4.66. The minimum atomic E-state index is 0.225. The van der Waals surface area contributed by atoms with E-state index in [1.165, 1.54) is 0 Å². The molecule has 1 aromatic rings. The van der Waals surface area contributed by atoms with Crippen LogP contribution in [0.2, 0.25) is 0 Å². The van der Waals surface area contributed by atoms with E-state index in [9.17, 15) is 0 Å². The molecule has 0 bridgehead atoms. The van der Waals surface area contributed by atoms with E-state index in [1.807, 2.05) is 12.4 Å². The predicted molar refractivity (Wildman–Crippen MR) is 65.0 cm³/mol. The maximum atomic E-state index is 5.86. The number of hydrogen-bond acceptors (Lipinski definition) is 4. The van der Waals surface area contributed by atoms with E-state index in [4.69, 9.17) is 5.73 Å². The van der Waals surface area contributed by atoms with Crippen LogP contribution in [-0.2, 0) is 6.42 Å². The zero-order valence-corrected chi connectivity index (χ0v) is 10.3. The van der Waals surface area contributed by atoms with Crippen LogP contribution in [0.4, 0.5) is 0 Å². The summed E-state index contributed by atoms with van der Waals surface area (Å²) in [5, 5.41) is 0.866. The lowest BCUT2D eigenvalue weighted by Crippen LogP contribution is -2.21.